The molecule has 0 aliphatic carbocycles. The Bertz CT molecular complexity index is 1860. The highest BCUT2D eigenvalue weighted by atomic mass is 19.1. The van der Waals surface area contributed by atoms with Crippen molar-refractivity contribution in [2.24, 2.45) is 5.92 Å². The molecule has 1 aromatic carbocycles. The van der Waals surface area contributed by atoms with E-state index in [-0.39, 0.29) is 11.8 Å². The Hall–Kier alpha value is -5.12. The average Bonchev–Trinajstić information content (AvgIpc) is 3.56. The van der Waals surface area contributed by atoms with Crippen LogP contribution in [0.1, 0.15) is 13.8 Å². The Labute approximate surface area is 222 Å². The molecule has 10 heteroatoms. The normalized spacial score (nSPS) is 11.4. The molecule has 5 aromatic heterocycles. The van der Waals surface area contributed by atoms with E-state index in [9.17, 15) is 9.18 Å². The fraction of sp³-hybridized carbons (Fsp3) is 0.138. The van der Waals surface area contributed by atoms with Crippen molar-refractivity contribution in [2.75, 3.05) is 12.4 Å². The number of amides is 1. The molecule has 9 nitrogen and oxygen atoms in total. The zero-order chi connectivity index (χ0) is 27.1. The Balaban J connectivity index is 1.41. The molecule has 0 spiro atoms. The van der Waals surface area contributed by atoms with E-state index < -0.39 is 5.82 Å². The van der Waals surface area contributed by atoms with Gasteiger partial charge in [-0.05, 0) is 35.9 Å². The lowest BCUT2D eigenvalue weighted by molar-refractivity contribution is -0.118. The summed E-state index contributed by atoms with van der Waals surface area (Å²) in [5.74, 6) is -0.185. The summed E-state index contributed by atoms with van der Waals surface area (Å²) in [5.41, 5.74) is 6.53. The fourth-order valence-electron chi connectivity index (χ4n) is 4.47. The van der Waals surface area contributed by atoms with Crippen LogP contribution in [0.25, 0.3) is 55.6 Å². The summed E-state index contributed by atoms with van der Waals surface area (Å²) in [4.78, 5) is 28.7. The van der Waals surface area contributed by atoms with E-state index in [1.54, 1.807) is 37.1 Å². The largest absolute Gasteiger partial charge is 0.497 e. The summed E-state index contributed by atoms with van der Waals surface area (Å²) >= 11 is 0. The molecular formula is C29H24FN7O2. The Morgan fingerprint density at radius 1 is 0.923 bits per heavy atom. The number of anilines is 1. The van der Waals surface area contributed by atoms with Gasteiger partial charge in [0.05, 0.1) is 42.1 Å². The molecule has 39 heavy (non-hydrogen) atoms. The van der Waals surface area contributed by atoms with Crippen molar-refractivity contribution < 1.29 is 13.9 Å². The number of rotatable bonds is 6. The molecule has 0 atom stereocenters. The molecule has 6 rings (SSSR count). The lowest BCUT2D eigenvalue weighted by Gasteiger charge is -2.09. The minimum atomic E-state index is -0.391. The van der Waals surface area contributed by atoms with Crippen molar-refractivity contribution in [3.05, 3.63) is 73.2 Å². The van der Waals surface area contributed by atoms with Gasteiger partial charge in [-0.1, -0.05) is 13.8 Å². The van der Waals surface area contributed by atoms with Gasteiger partial charge in [-0.15, -0.1) is 0 Å². The number of fused-ring (bicyclic) bond motifs is 2. The second kappa shape index (κ2) is 9.64. The highest BCUT2D eigenvalue weighted by molar-refractivity contribution is 6.01. The number of pyridine rings is 3. The van der Waals surface area contributed by atoms with Crippen LogP contribution in [-0.2, 0) is 4.79 Å². The summed E-state index contributed by atoms with van der Waals surface area (Å²) in [5, 5.41) is 12.0. The van der Waals surface area contributed by atoms with Crippen molar-refractivity contribution in [1.29, 1.82) is 0 Å². The molecule has 194 valence electrons. The monoisotopic (exact) mass is 521 g/mol. The third-order valence-corrected chi connectivity index (χ3v) is 6.51. The van der Waals surface area contributed by atoms with Gasteiger partial charge in [-0.3, -0.25) is 19.9 Å². The number of aromatic amines is 2. The molecule has 0 radical (unpaired) electrons. The predicted molar refractivity (Wildman–Crippen MR) is 148 cm³/mol. The van der Waals surface area contributed by atoms with Crippen LogP contribution in [0.4, 0.5) is 10.1 Å². The Morgan fingerprint density at radius 3 is 2.56 bits per heavy atom. The summed E-state index contributed by atoms with van der Waals surface area (Å²) in [6, 6.07) is 10.4. The number of nitrogens with one attached hydrogen (secondary N) is 3. The van der Waals surface area contributed by atoms with Crippen LogP contribution in [0.3, 0.4) is 0 Å². The summed E-state index contributed by atoms with van der Waals surface area (Å²) in [7, 11) is 1.51. The third kappa shape index (κ3) is 4.56. The number of hydrogen-bond acceptors (Lipinski definition) is 6. The van der Waals surface area contributed by atoms with Gasteiger partial charge < -0.3 is 15.0 Å². The van der Waals surface area contributed by atoms with Gasteiger partial charge in [0.15, 0.2) is 5.65 Å². The van der Waals surface area contributed by atoms with Gasteiger partial charge in [0.2, 0.25) is 5.91 Å². The number of ether oxygens (including phenoxy) is 1. The van der Waals surface area contributed by atoms with Crippen molar-refractivity contribution >= 4 is 33.5 Å². The average molecular weight is 522 g/mol. The number of carbonyl (C=O) groups is 1. The lowest BCUT2D eigenvalue weighted by atomic mass is 10.0. The minimum Gasteiger partial charge on any atom is -0.497 e. The quantitative estimate of drug-likeness (QED) is 0.248. The second-order valence-corrected chi connectivity index (χ2v) is 9.51. The molecule has 0 saturated carbocycles. The number of halogens is 1. The van der Waals surface area contributed by atoms with Crippen LogP contribution in [0.5, 0.6) is 5.75 Å². The zero-order valence-electron chi connectivity index (χ0n) is 21.4. The van der Waals surface area contributed by atoms with Crippen LogP contribution in [0, 0.1) is 11.7 Å². The Kier molecular flexibility index (Phi) is 5.99. The van der Waals surface area contributed by atoms with E-state index in [0.29, 0.717) is 22.6 Å². The van der Waals surface area contributed by atoms with E-state index >= 15 is 0 Å². The summed E-state index contributed by atoms with van der Waals surface area (Å²) in [6.07, 6.45) is 8.49. The van der Waals surface area contributed by atoms with E-state index in [4.69, 9.17) is 4.74 Å². The van der Waals surface area contributed by atoms with Gasteiger partial charge in [-0.25, -0.2) is 9.37 Å². The van der Waals surface area contributed by atoms with Gasteiger partial charge >= 0.3 is 0 Å². The van der Waals surface area contributed by atoms with Gasteiger partial charge in [0, 0.05) is 58.0 Å². The standard InChI is InChI=1S/C29H24FN7O2/c1-15(2)29(38)34-20-5-17(10-31-12-20)18-7-23-27(36-37-28(23)33-11-18)25-9-22-24(13-32-14-26(22)35-25)16-4-19(30)8-21(6-16)39-3/h4-15,35H,1-3H3,(H,34,38)(H,33,36,37). The second-order valence-electron chi connectivity index (χ2n) is 9.51. The van der Waals surface area contributed by atoms with Gasteiger partial charge in [-0.2, -0.15) is 5.10 Å². The van der Waals surface area contributed by atoms with Gasteiger partial charge in [0.25, 0.3) is 0 Å². The molecule has 0 saturated heterocycles. The first-order chi connectivity index (χ1) is 18.9. The van der Waals surface area contributed by atoms with E-state index in [0.717, 1.165) is 44.4 Å². The first kappa shape index (κ1) is 24.2. The number of aromatic nitrogens is 6. The van der Waals surface area contributed by atoms with Crippen molar-refractivity contribution in [2.45, 2.75) is 13.8 Å². The molecule has 1 amide bonds. The molecule has 5 heterocycles. The molecule has 6 aromatic rings. The fourth-order valence-corrected chi connectivity index (χ4v) is 4.47. The number of methoxy groups -OCH3 is 1. The number of nitrogens with zero attached hydrogens (tertiary/aromatic N) is 4. The smallest absolute Gasteiger partial charge is 0.226 e. The topological polar surface area (TPSA) is 121 Å². The van der Waals surface area contributed by atoms with E-state index in [1.807, 2.05) is 32.0 Å². The lowest BCUT2D eigenvalue weighted by Crippen LogP contribution is -2.17. The SMILES string of the molecule is COc1cc(F)cc(-c2cncc3[nH]c(-c4[nH]nc5ncc(-c6cncc(NC(=O)C(C)C)c6)cc45)cc23)c1. The maximum Gasteiger partial charge on any atom is 0.226 e. The molecular weight excluding hydrogens is 497 g/mol. The maximum atomic E-state index is 14.3. The molecule has 0 fully saturated rings. The predicted octanol–water partition coefficient (Wildman–Crippen LogP) is 5.97. The van der Waals surface area contributed by atoms with Crippen LogP contribution >= 0.6 is 0 Å². The first-order valence-electron chi connectivity index (χ1n) is 12.3. The number of carbonyl (C=O) groups excluding carboxylic acids is 1. The number of benzene rings is 1. The number of H-pyrrole nitrogens is 2. The first-order valence-corrected chi connectivity index (χ1v) is 12.3. The summed E-state index contributed by atoms with van der Waals surface area (Å²) < 4.78 is 19.5. The van der Waals surface area contributed by atoms with Crippen LogP contribution in [0.2, 0.25) is 0 Å². The maximum absolute atomic E-state index is 14.3. The Morgan fingerprint density at radius 2 is 1.74 bits per heavy atom. The molecule has 3 N–H and O–H groups in total. The van der Waals surface area contributed by atoms with Crippen molar-refractivity contribution in [3.8, 4) is 39.4 Å². The van der Waals surface area contributed by atoms with Crippen LogP contribution in [-0.4, -0.2) is 43.2 Å². The van der Waals surface area contributed by atoms with Crippen molar-refractivity contribution in [3.63, 3.8) is 0 Å². The third-order valence-electron chi connectivity index (χ3n) is 6.51. The molecule has 0 unspecified atom stereocenters. The highest BCUT2D eigenvalue weighted by Gasteiger charge is 2.16. The molecule has 0 aliphatic rings. The summed E-state index contributed by atoms with van der Waals surface area (Å²) in [6.45, 7) is 3.67. The van der Waals surface area contributed by atoms with Crippen molar-refractivity contribution in [1.82, 2.24) is 30.1 Å². The number of hydrogen-bond donors (Lipinski definition) is 3. The minimum absolute atomic E-state index is 0.0796. The zero-order valence-corrected chi connectivity index (χ0v) is 21.4. The molecule has 0 bridgehead atoms. The highest BCUT2D eigenvalue weighted by Crippen LogP contribution is 2.35. The van der Waals surface area contributed by atoms with E-state index in [1.165, 1.54) is 19.2 Å². The van der Waals surface area contributed by atoms with E-state index in [2.05, 4.69) is 35.5 Å². The van der Waals surface area contributed by atoms with Gasteiger partial charge in [0.1, 0.15) is 11.6 Å². The molecule has 0 aliphatic heterocycles. The van der Waals surface area contributed by atoms with Crippen LogP contribution in [0.15, 0.2) is 67.4 Å². The van der Waals surface area contributed by atoms with Crippen LogP contribution < -0.4 is 10.1 Å².